The Morgan fingerprint density at radius 3 is 1.76 bits per heavy atom. The van der Waals surface area contributed by atoms with Crippen LogP contribution in [0.3, 0.4) is 0 Å². The van der Waals surface area contributed by atoms with Crippen molar-refractivity contribution in [1.82, 2.24) is 0 Å². The molecule has 176 valence electrons. The number of para-hydroxylation sites is 4. The molecule has 0 atom stereocenters. The fourth-order valence-electron chi connectivity index (χ4n) is 3.29. The van der Waals surface area contributed by atoms with Crippen molar-refractivity contribution in [2.45, 2.75) is 0 Å². The van der Waals surface area contributed by atoms with Crippen molar-refractivity contribution in [2.75, 3.05) is 48.5 Å². The molecule has 0 bridgehead atoms. The Kier molecular flexibility index (Phi) is 8.37. The van der Waals surface area contributed by atoms with Crippen LogP contribution in [0.25, 0.3) is 0 Å². The number of carbonyl (C=O) groups is 3. The first-order valence-corrected chi connectivity index (χ1v) is 10.8. The maximum Gasteiger partial charge on any atom is 0.264 e. The Balaban J connectivity index is 1.77. The van der Waals surface area contributed by atoms with E-state index in [4.69, 9.17) is 10.5 Å². The maximum atomic E-state index is 13.0. The van der Waals surface area contributed by atoms with Crippen molar-refractivity contribution in [1.29, 1.82) is 0 Å². The SMILES string of the molecule is CN(C(=O)COc1ccccc1N(CC(=O)N(C)c1ccccc1)C(=O)CN)c1ccccc1. The van der Waals surface area contributed by atoms with Gasteiger partial charge in [-0.25, -0.2) is 0 Å². The van der Waals surface area contributed by atoms with Crippen LogP contribution in [-0.4, -0.2) is 51.5 Å². The van der Waals surface area contributed by atoms with Crippen molar-refractivity contribution in [3.8, 4) is 5.75 Å². The minimum absolute atomic E-state index is 0.236. The van der Waals surface area contributed by atoms with Gasteiger partial charge in [0.05, 0.1) is 12.2 Å². The van der Waals surface area contributed by atoms with E-state index in [0.717, 1.165) is 5.69 Å². The summed E-state index contributed by atoms with van der Waals surface area (Å²) in [4.78, 5) is 42.5. The summed E-state index contributed by atoms with van der Waals surface area (Å²) in [6.45, 7) is -0.767. The second-order valence-electron chi connectivity index (χ2n) is 7.52. The number of carbonyl (C=O) groups excluding carboxylic acids is 3. The van der Waals surface area contributed by atoms with Gasteiger partial charge in [0.15, 0.2) is 6.61 Å². The molecule has 0 aliphatic rings. The van der Waals surface area contributed by atoms with Crippen LogP contribution < -0.4 is 25.2 Å². The van der Waals surface area contributed by atoms with Crippen molar-refractivity contribution < 1.29 is 19.1 Å². The fraction of sp³-hybridized carbons (Fsp3) is 0.192. The van der Waals surface area contributed by atoms with E-state index < -0.39 is 5.91 Å². The summed E-state index contributed by atoms with van der Waals surface area (Å²) < 4.78 is 5.79. The molecule has 34 heavy (non-hydrogen) atoms. The monoisotopic (exact) mass is 460 g/mol. The zero-order valence-electron chi connectivity index (χ0n) is 19.3. The standard InChI is InChI=1S/C26H28N4O4/c1-28(20-11-5-3-6-12-20)25(32)18-30(24(31)17-27)22-15-9-10-16-23(22)34-19-26(33)29(2)21-13-7-4-8-14-21/h3-16H,17-19,27H2,1-2H3. The van der Waals surface area contributed by atoms with Gasteiger partial charge in [-0.05, 0) is 36.4 Å². The van der Waals surface area contributed by atoms with Crippen LogP contribution in [0.15, 0.2) is 84.9 Å². The number of hydrogen-bond acceptors (Lipinski definition) is 5. The molecule has 0 aliphatic carbocycles. The Morgan fingerprint density at radius 2 is 1.21 bits per heavy atom. The summed E-state index contributed by atoms with van der Waals surface area (Å²) in [7, 11) is 3.30. The molecule has 0 unspecified atom stereocenters. The van der Waals surface area contributed by atoms with Gasteiger partial charge in [0.1, 0.15) is 12.3 Å². The molecule has 3 amide bonds. The number of hydrogen-bond donors (Lipinski definition) is 1. The topological polar surface area (TPSA) is 96.2 Å². The molecule has 3 rings (SSSR count). The normalized spacial score (nSPS) is 10.3. The molecule has 0 spiro atoms. The van der Waals surface area contributed by atoms with Gasteiger partial charge in [-0.15, -0.1) is 0 Å². The number of ether oxygens (including phenoxy) is 1. The van der Waals surface area contributed by atoms with Crippen LogP contribution >= 0.6 is 0 Å². The summed E-state index contributed by atoms with van der Waals surface area (Å²) in [5.41, 5.74) is 7.43. The van der Waals surface area contributed by atoms with E-state index in [-0.39, 0.29) is 31.5 Å². The van der Waals surface area contributed by atoms with Crippen LogP contribution in [-0.2, 0) is 14.4 Å². The Labute approximate surface area is 199 Å². The molecule has 0 aromatic heterocycles. The number of nitrogens with zero attached hydrogens (tertiary/aromatic N) is 3. The highest BCUT2D eigenvalue weighted by molar-refractivity contribution is 6.04. The smallest absolute Gasteiger partial charge is 0.264 e. The number of nitrogens with two attached hydrogens (primary N) is 1. The molecule has 0 saturated carbocycles. The van der Waals surface area contributed by atoms with Gasteiger partial charge in [0.25, 0.3) is 5.91 Å². The molecule has 0 radical (unpaired) electrons. The molecular weight excluding hydrogens is 432 g/mol. The number of amides is 3. The predicted molar refractivity (Wildman–Crippen MR) is 133 cm³/mol. The number of anilines is 3. The van der Waals surface area contributed by atoms with Gasteiger partial charge in [-0.3, -0.25) is 19.3 Å². The highest BCUT2D eigenvalue weighted by Gasteiger charge is 2.24. The maximum absolute atomic E-state index is 13.0. The van der Waals surface area contributed by atoms with E-state index in [1.54, 1.807) is 50.5 Å². The molecule has 3 aromatic carbocycles. The molecule has 0 saturated heterocycles. The number of benzene rings is 3. The lowest BCUT2D eigenvalue weighted by Crippen LogP contribution is -2.44. The first-order valence-electron chi connectivity index (χ1n) is 10.8. The molecule has 0 heterocycles. The van der Waals surface area contributed by atoms with Crippen LogP contribution in [0, 0.1) is 0 Å². The predicted octanol–water partition coefficient (Wildman–Crippen LogP) is 2.68. The van der Waals surface area contributed by atoms with E-state index in [9.17, 15) is 14.4 Å². The lowest BCUT2D eigenvalue weighted by atomic mass is 10.2. The van der Waals surface area contributed by atoms with Crippen molar-refractivity contribution >= 4 is 34.8 Å². The number of rotatable bonds is 9. The summed E-state index contributed by atoms with van der Waals surface area (Å²) in [5.74, 6) is -0.715. The van der Waals surface area contributed by atoms with Gasteiger partial charge >= 0.3 is 0 Å². The van der Waals surface area contributed by atoms with Crippen LogP contribution in [0.4, 0.5) is 17.1 Å². The second kappa shape index (κ2) is 11.6. The van der Waals surface area contributed by atoms with E-state index >= 15 is 0 Å². The Hall–Kier alpha value is -4.17. The van der Waals surface area contributed by atoms with E-state index in [0.29, 0.717) is 17.1 Å². The molecular formula is C26H28N4O4. The molecule has 2 N–H and O–H groups in total. The fourth-order valence-corrected chi connectivity index (χ4v) is 3.29. The lowest BCUT2D eigenvalue weighted by Gasteiger charge is -2.27. The third-order valence-electron chi connectivity index (χ3n) is 5.31. The molecule has 0 fully saturated rings. The molecule has 8 heteroatoms. The minimum Gasteiger partial charge on any atom is -0.482 e. The summed E-state index contributed by atoms with van der Waals surface area (Å²) in [5, 5.41) is 0. The Morgan fingerprint density at radius 1 is 0.706 bits per heavy atom. The molecule has 3 aromatic rings. The third kappa shape index (κ3) is 5.99. The van der Waals surface area contributed by atoms with Crippen LogP contribution in [0.2, 0.25) is 0 Å². The van der Waals surface area contributed by atoms with Gasteiger partial charge in [-0.1, -0.05) is 48.5 Å². The van der Waals surface area contributed by atoms with Crippen molar-refractivity contribution in [2.24, 2.45) is 5.73 Å². The quantitative estimate of drug-likeness (QED) is 0.530. The average molecular weight is 461 g/mol. The van der Waals surface area contributed by atoms with Gasteiger partial charge in [-0.2, -0.15) is 0 Å². The number of likely N-dealkylation sites (N-methyl/N-ethyl adjacent to an activating group) is 2. The first-order chi connectivity index (χ1) is 16.4. The largest absolute Gasteiger partial charge is 0.482 e. The van der Waals surface area contributed by atoms with Crippen molar-refractivity contribution in [3.63, 3.8) is 0 Å². The Bertz CT molecular complexity index is 1120. The van der Waals surface area contributed by atoms with E-state index in [2.05, 4.69) is 0 Å². The summed E-state index contributed by atoms with van der Waals surface area (Å²) in [6.07, 6.45) is 0. The lowest BCUT2D eigenvalue weighted by molar-refractivity contribution is -0.121. The van der Waals surface area contributed by atoms with Gasteiger partial charge in [0.2, 0.25) is 11.8 Å². The van der Waals surface area contributed by atoms with Gasteiger partial charge in [0, 0.05) is 25.5 Å². The first kappa shape index (κ1) is 24.5. The third-order valence-corrected chi connectivity index (χ3v) is 5.31. The zero-order valence-corrected chi connectivity index (χ0v) is 19.3. The van der Waals surface area contributed by atoms with E-state index in [1.165, 1.54) is 14.7 Å². The minimum atomic E-state index is -0.446. The zero-order chi connectivity index (χ0) is 24.5. The highest BCUT2D eigenvalue weighted by atomic mass is 16.5. The molecule has 8 nitrogen and oxygen atoms in total. The van der Waals surface area contributed by atoms with Crippen LogP contribution in [0.5, 0.6) is 5.75 Å². The average Bonchev–Trinajstić information content (AvgIpc) is 2.90. The van der Waals surface area contributed by atoms with Gasteiger partial charge < -0.3 is 20.3 Å². The van der Waals surface area contributed by atoms with E-state index in [1.807, 2.05) is 48.5 Å². The highest BCUT2D eigenvalue weighted by Crippen LogP contribution is 2.29. The summed E-state index contributed by atoms with van der Waals surface area (Å²) in [6, 6.07) is 25.1. The second-order valence-corrected chi connectivity index (χ2v) is 7.52. The molecule has 0 aliphatic heterocycles. The van der Waals surface area contributed by atoms with Crippen LogP contribution in [0.1, 0.15) is 0 Å². The summed E-state index contributed by atoms with van der Waals surface area (Å²) >= 11 is 0. The van der Waals surface area contributed by atoms with Crippen molar-refractivity contribution in [3.05, 3.63) is 84.9 Å².